The van der Waals surface area contributed by atoms with Gasteiger partial charge in [-0.05, 0) is 18.6 Å². The predicted molar refractivity (Wildman–Crippen MR) is 65.9 cm³/mol. The monoisotopic (exact) mass is 218 g/mol. The fourth-order valence-electron chi connectivity index (χ4n) is 1.98. The van der Waals surface area contributed by atoms with E-state index < -0.39 is 6.85 Å². The Balaban J connectivity index is 2.85. The van der Waals surface area contributed by atoms with E-state index in [2.05, 4.69) is 0 Å². The largest absolute Gasteiger partial charge is 0.258 e. The molecule has 1 heterocycles. The lowest BCUT2D eigenvalue weighted by molar-refractivity contribution is -0.683. The molecule has 0 saturated heterocycles. The fraction of sp³-hybridized carbons (Fsp3) is 0.357. The Labute approximate surface area is 101 Å². The van der Waals surface area contributed by atoms with Crippen LogP contribution in [-0.2, 0) is 7.05 Å². The van der Waals surface area contributed by atoms with E-state index >= 15 is 0 Å². The molecule has 84 valence electrons. The zero-order valence-electron chi connectivity index (χ0n) is 13.2. The van der Waals surface area contributed by atoms with Gasteiger partial charge in [-0.2, -0.15) is 4.57 Å². The predicted octanol–water partition coefficient (Wildman–Crippen LogP) is 2.54. The van der Waals surface area contributed by atoms with Crippen LogP contribution >= 0.6 is 0 Å². The summed E-state index contributed by atoms with van der Waals surface area (Å²) in [6.45, 7) is 3.75. The zero-order valence-corrected chi connectivity index (χ0v) is 10.2. The average molecular weight is 218 g/mol. The van der Waals surface area contributed by atoms with Crippen molar-refractivity contribution in [3.05, 3.63) is 47.0 Å². The van der Waals surface area contributed by atoms with Crippen LogP contribution in [0.2, 0.25) is 0 Å². The SMILES string of the molecule is [2H]C([2H])([2H])c1n(-c2ccccc2C)c(C)c(C)[n+]1C. The molecule has 2 rings (SSSR count). The minimum Gasteiger partial charge on any atom is -0.234 e. The Kier molecular flexibility index (Phi) is 1.81. The van der Waals surface area contributed by atoms with Gasteiger partial charge in [0.15, 0.2) is 0 Å². The maximum absolute atomic E-state index is 7.78. The summed E-state index contributed by atoms with van der Waals surface area (Å²) in [5.41, 5.74) is 3.92. The van der Waals surface area contributed by atoms with Crippen molar-refractivity contribution in [3.8, 4) is 5.69 Å². The maximum atomic E-state index is 7.78. The van der Waals surface area contributed by atoms with Gasteiger partial charge < -0.3 is 0 Å². The molecule has 1 aromatic carbocycles. The Morgan fingerprint density at radius 2 is 1.88 bits per heavy atom. The summed E-state index contributed by atoms with van der Waals surface area (Å²) in [5.74, 6) is 0.344. The van der Waals surface area contributed by atoms with E-state index in [1.165, 1.54) is 0 Å². The second kappa shape index (κ2) is 3.78. The summed E-state index contributed by atoms with van der Waals surface area (Å²) in [7, 11) is 1.80. The molecule has 0 aliphatic carbocycles. The molecule has 0 aliphatic heterocycles. The number of aromatic nitrogens is 2. The van der Waals surface area contributed by atoms with Crippen LogP contribution in [0.25, 0.3) is 5.69 Å². The molecule has 0 amide bonds. The van der Waals surface area contributed by atoms with Crippen molar-refractivity contribution in [2.75, 3.05) is 0 Å². The Bertz CT molecular complexity index is 624. The maximum Gasteiger partial charge on any atom is 0.258 e. The van der Waals surface area contributed by atoms with Crippen molar-refractivity contribution in [1.29, 1.82) is 0 Å². The van der Waals surface area contributed by atoms with Crippen LogP contribution in [0.1, 0.15) is 26.9 Å². The fourth-order valence-corrected chi connectivity index (χ4v) is 1.98. The number of rotatable bonds is 1. The first-order valence-corrected chi connectivity index (χ1v) is 5.39. The van der Waals surface area contributed by atoms with Crippen LogP contribution in [-0.4, -0.2) is 4.57 Å². The van der Waals surface area contributed by atoms with E-state index in [4.69, 9.17) is 4.11 Å². The zero-order chi connectivity index (χ0) is 14.4. The molecule has 0 radical (unpaired) electrons. The molecule has 1 aromatic heterocycles. The molecule has 0 bridgehead atoms. The number of hydrogen-bond acceptors (Lipinski definition) is 0. The van der Waals surface area contributed by atoms with E-state index in [0.717, 1.165) is 22.6 Å². The summed E-state index contributed by atoms with van der Waals surface area (Å²) >= 11 is 0. The first-order valence-electron chi connectivity index (χ1n) is 6.89. The van der Waals surface area contributed by atoms with Gasteiger partial charge in [0.2, 0.25) is 0 Å². The highest BCUT2D eigenvalue weighted by atomic mass is 15.2. The minimum absolute atomic E-state index is 0.344. The van der Waals surface area contributed by atoms with Crippen LogP contribution in [0, 0.1) is 27.6 Å². The normalized spacial score (nSPS) is 14.4. The first kappa shape index (κ1) is 7.66. The number of hydrogen-bond donors (Lipinski definition) is 0. The van der Waals surface area contributed by atoms with Crippen molar-refractivity contribution in [1.82, 2.24) is 4.57 Å². The van der Waals surface area contributed by atoms with Gasteiger partial charge in [0.1, 0.15) is 17.1 Å². The molecular formula is C14H19N2+. The minimum atomic E-state index is -2.14. The summed E-state index contributed by atoms with van der Waals surface area (Å²) in [6.07, 6.45) is 0. The molecular weight excluding hydrogens is 196 g/mol. The third-order valence-corrected chi connectivity index (χ3v) is 3.25. The highest BCUT2D eigenvalue weighted by Crippen LogP contribution is 2.18. The van der Waals surface area contributed by atoms with Crippen LogP contribution in [0.4, 0.5) is 0 Å². The lowest BCUT2D eigenvalue weighted by atomic mass is 10.2. The number of imidazole rings is 1. The van der Waals surface area contributed by atoms with Crippen LogP contribution in [0.15, 0.2) is 24.3 Å². The van der Waals surface area contributed by atoms with Crippen molar-refractivity contribution in [3.63, 3.8) is 0 Å². The smallest absolute Gasteiger partial charge is 0.234 e. The molecule has 2 nitrogen and oxygen atoms in total. The molecule has 0 atom stereocenters. The number of aryl methyl sites for hydroxylation is 1. The molecule has 0 N–H and O–H groups in total. The van der Waals surface area contributed by atoms with Crippen molar-refractivity contribution in [2.24, 2.45) is 7.05 Å². The lowest BCUT2D eigenvalue weighted by Gasteiger charge is -2.03. The van der Waals surface area contributed by atoms with E-state index in [0.29, 0.717) is 5.82 Å². The van der Waals surface area contributed by atoms with Gasteiger partial charge in [-0.15, -0.1) is 0 Å². The van der Waals surface area contributed by atoms with E-state index in [1.54, 1.807) is 11.6 Å². The van der Waals surface area contributed by atoms with Gasteiger partial charge in [-0.25, -0.2) is 4.57 Å². The quantitative estimate of drug-likeness (QED) is 0.650. The first-order chi connectivity index (χ1) is 8.75. The summed E-state index contributed by atoms with van der Waals surface area (Å²) in [5, 5.41) is 0. The average Bonchev–Trinajstić information content (AvgIpc) is 2.54. The molecule has 2 aromatic rings. The molecule has 0 unspecified atom stereocenters. The third-order valence-electron chi connectivity index (χ3n) is 3.25. The van der Waals surface area contributed by atoms with E-state index in [-0.39, 0.29) is 0 Å². The lowest BCUT2D eigenvalue weighted by Crippen LogP contribution is -2.33. The van der Waals surface area contributed by atoms with Crippen molar-refractivity contribution < 1.29 is 8.68 Å². The Hall–Kier alpha value is -1.57. The van der Waals surface area contributed by atoms with Crippen LogP contribution < -0.4 is 4.57 Å². The Morgan fingerprint density at radius 1 is 1.19 bits per heavy atom. The van der Waals surface area contributed by atoms with E-state index in [1.807, 2.05) is 49.6 Å². The highest BCUT2D eigenvalue weighted by molar-refractivity contribution is 5.42. The Morgan fingerprint density at radius 3 is 2.50 bits per heavy atom. The van der Waals surface area contributed by atoms with Gasteiger partial charge in [0.05, 0.1) is 7.05 Å². The molecule has 0 aliphatic rings. The molecule has 16 heavy (non-hydrogen) atoms. The van der Waals surface area contributed by atoms with Gasteiger partial charge in [-0.1, -0.05) is 18.2 Å². The van der Waals surface area contributed by atoms with Gasteiger partial charge in [-0.3, -0.25) is 0 Å². The van der Waals surface area contributed by atoms with Gasteiger partial charge >= 0.3 is 0 Å². The summed E-state index contributed by atoms with van der Waals surface area (Å²) in [4.78, 5) is 0. The standard InChI is InChI=1S/C14H19N2/c1-10-8-6-7-9-14(10)16-12(3)11(2)15(5)13(16)4/h6-9H,1-5H3/q+1/i4D3. The molecule has 0 spiro atoms. The topological polar surface area (TPSA) is 8.81 Å². The summed E-state index contributed by atoms with van der Waals surface area (Å²) < 4.78 is 26.9. The van der Waals surface area contributed by atoms with Gasteiger partial charge in [0.25, 0.3) is 5.82 Å². The number of para-hydroxylation sites is 1. The van der Waals surface area contributed by atoms with Crippen LogP contribution in [0.5, 0.6) is 0 Å². The molecule has 0 fully saturated rings. The number of benzene rings is 1. The van der Waals surface area contributed by atoms with E-state index in [9.17, 15) is 0 Å². The van der Waals surface area contributed by atoms with Crippen molar-refractivity contribution >= 4 is 0 Å². The second-order valence-corrected chi connectivity index (χ2v) is 4.18. The number of nitrogens with zero attached hydrogens (tertiary/aromatic N) is 2. The highest BCUT2D eigenvalue weighted by Gasteiger charge is 2.21. The summed E-state index contributed by atoms with van der Waals surface area (Å²) in [6, 6.07) is 7.84. The second-order valence-electron chi connectivity index (χ2n) is 4.18. The van der Waals surface area contributed by atoms with Crippen LogP contribution in [0.3, 0.4) is 0 Å². The molecule has 0 saturated carbocycles. The van der Waals surface area contributed by atoms with Crippen molar-refractivity contribution in [2.45, 2.75) is 27.6 Å². The molecule has 2 heteroatoms. The van der Waals surface area contributed by atoms with Gasteiger partial charge in [0, 0.05) is 24.8 Å². The third kappa shape index (κ3) is 1.45.